The zero-order valence-corrected chi connectivity index (χ0v) is 11.7. The van der Waals surface area contributed by atoms with Crippen molar-refractivity contribution in [2.75, 3.05) is 25.6 Å². The average Bonchev–Trinajstić information content (AvgIpc) is 2.61. The van der Waals surface area contributed by atoms with Crippen molar-refractivity contribution in [1.82, 2.24) is 9.88 Å². The zero-order valence-electron chi connectivity index (χ0n) is 9.31. The van der Waals surface area contributed by atoms with Crippen LogP contribution in [0.4, 0.5) is 0 Å². The van der Waals surface area contributed by atoms with Crippen molar-refractivity contribution in [3.05, 3.63) is 16.1 Å². The molecule has 0 atom stereocenters. The van der Waals surface area contributed by atoms with E-state index in [2.05, 4.69) is 4.98 Å². The molecular formula is C9H15ClN2O2S2. The Morgan fingerprint density at radius 2 is 2.25 bits per heavy atom. The summed E-state index contributed by atoms with van der Waals surface area (Å²) in [6.07, 6.45) is 1.25. The Morgan fingerprint density at radius 1 is 1.56 bits per heavy atom. The van der Waals surface area contributed by atoms with Crippen molar-refractivity contribution in [3.63, 3.8) is 0 Å². The molecule has 0 aliphatic rings. The molecule has 0 amide bonds. The van der Waals surface area contributed by atoms with Crippen LogP contribution >= 0.6 is 22.9 Å². The number of halogens is 1. The minimum atomic E-state index is -2.89. The van der Waals surface area contributed by atoms with E-state index in [1.165, 1.54) is 6.26 Å². The van der Waals surface area contributed by atoms with Gasteiger partial charge in [0.2, 0.25) is 0 Å². The maximum absolute atomic E-state index is 11.0. The lowest BCUT2D eigenvalue weighted by molar-refractivity contribution is 0.345. The predicted molar refractivity (Wildman–Crippen MR) is 67.7 cm³/mol. The largest absolute Gasteiger partial charge is 0.299 e. The lowest BCUT2D eigenvalue weighted by Crippen LogP contribution is -2.24. The van der Waals surface area contributed by atoms with Crippen LogP contribution in [0.15, 0.2) is 5.38 Å². The molecule has 1 aromatic rings. The van der Waals surface area contributed by atoms with Crippen LogP contribution in [0, 0.1) is 0 Å². The molecule has 0 unspecified atom stereocenters. The van der Waals surface area contributed by atoms with Gasteiger partial charge in [-0.1, -0.05) is 0 Å². The molecule has 0 saturated carbocycles. The highest BCUT2D eigenvalue weighted by atomic mass is 35.5. The molecule has 92 valence electrons. The average molecular weight is 283 g/mol. The van der Waals surface area contributed by atoms with Gasteiger partial charge in [-0.15, -0.1) is 22.9 Å². The summed E-state index contributed by atoms with van der Waals surface area (Å²) in [5, 5.41) is 2.89. The summed E-state index contributed by atoms with van der Waals surface area (Å²) >= 11 is 7.20. The van der Waals surface area contributed by atoms with Crippen molar-refractivity contribution < 1.29 is 8.42 Å². The molecular weight excluding hydrogens is 268 g/mol. The van der Waals surface area contributed by atoms with Gasteiger partial charge in [0.15, 0.2) is 0 Å². The standard InChI is InChI=1S/C9H15ClN2O2S2/c1-12(3-4-16(2,13)14)6-9-11-8(5-10)7-15-9/h7H,3-6H2,1-2H3. The van der Waals surface area contributed by atoms with Gasteiger partial charge in [-0.2, -0.15) is 0 Å². The van der Waals surface area contributed by atoms with E-state index in [1.54, 1.807) is 11.3 Å². The molecule has 7 heteroatoms. The summed E-state index contributed by atoms with van der Waals surface area (Å²) in [5.41, 5.74) is 0.873. The van der Waals surface area contributed by atoms with Gasteiger partial charge >= 0.3 is 0 Å². The molecule has 0 saturated heterocycles. The monoisotopic (exact) mass is 282 g/mol. The van der Waals surface area contributed by atoms with E-state index < -0.39 is 9.84 Å². The topological polar surface area (TPSA) is 50.3 Å². The van der Waals surface area contributed by atoms with Gasteiger partial charge in [0.05, 0.1) is 23.9 Å². The molecule has 0 radical (unpaired) electrons. The highest BCUT2D eigenvalue weighted by Gasteiger charge is 2.08. The molecule has 16 heavy (non-hydrogen) atoms. The Balaban J connectivity index is 2.42. The third kappa shape index (κ3) is 5.25. The molecule has 4 nitrogen and oxygen atoms in total. The predicted octanol–water partition coefficient (Wildman–Crippen LogP) is 1.36. The first-order valence-electron chi connectivity index (χ1n) is 4.76. The van der Waals surface area contributed by atoms with Crippen LogP contribution in [0.5, 0.6) is 0 Å². The Hall–Kier alpha value is -0.170. The molecule has 0 bridgehead atoms. The molecule has 1 heterocycles. The quantitative estimate of drug-likeness (QED) is 0.739. The summed E-state index contributed by atoms with van der Waals surface area (Å²) in [7, 11) is -1.01. The first kappa shape index (κ1) is 13.9. The number of aromatic nitrogens is 1. The van der Waals surface area contributed by atoms with Crippen molar-refractivity contribution in [3.8, 4) is 0 Å². The van der Waals surface area contributed by atoms with Crippen LogP contribution < -0.4 is 0 Å². The lowest BCUT2D eigenvalue weighted by Gasteiger charge is -2.13. The highest BCUT2D eigenvalue weighted by Crippen LogP contribution is 2.13. The fourth-order valence-corrected chi connectivity index (χ4v) is 2.86. The van der Waals surface area contributed by atoms with Crippen LogP contribution in [0.25, 0.3) is 0 Å². The third-order valence-electron chi connectivity index (χ3n) is 1.99. The van der Waals surface area contributed by atoms with Gasteiger partial charge in [0.1, 0.15) is 14.8 Å². The maximum Gasteiger partial charge on any atom is 0.148 e. The van der Waals surface area contributed by atoms with Gasteiger partial charge in [0.25, 0.3) is 0 Å². The molecule has 0 fully saturated rings. The van der Waals surface area contributed by atoms with Crippen LogP contribution in [0.1, 0.15) is 10.7 Å². The highest BCUT2D eigenvalue weighted by molar-refractivity contribution is 7.90. The summed E-state index contributed by atoms with van der Waals surface area (Å²) < 4.78 is 22.0. The number of thiazole rings is 1. The number of hydrogen-bond acceptors (Lipinski definition) is 5. The van der Waals surface area contributed by atoms with E-state index in [9.17, 15) is 8.42 Å². The maximum atomic E-state index is 11.0. The third-order valence-corrected chi connectivity index (χ3v) is 4.07. The van der Waals surface area contributed by atoms with Crippen molar-refractivity contribution in [2.24, 2.45) is 0 Å². The normalized spacial score (nSPS) is 12.2. The summed E-state index contributed by atoms with van der Waals surface area (Å²) in [5.74, 6) is 0.598. The van der Waals surface area contributed by atoms with Crippen molar-refractivity contribution in [2.45, 2.75) is 12.4 Å². The summed E-state index contributed by atoms with van der Waals surface area (Å²) in [6, 6.07) is 0. The van der Waals surface area contributed by atoms with E-state index in [4.69, 9.17) is 11.6 Å². The van der Waals surface area contributed by atoms with Crippen LogP contribution in [0.3, 0.4) is 0 Å². The first-order chi connectivity index (χ1) is 7.40. The minimum absolute atomic E-state index is 0.178. The molecule has 0 spiro atoms. The number of nitrogens with zero attached hydrogens (tertiary/aromatic N) is 2. The number of sulfone groups is 1. The first-order valence-corrected chi connectivity index (χ1v) is 8.23. The van der Waals surface area contributed by atoms with Gasteiger partial charge in [-0.05, 0) is 7.05 Å². The number of hydrogen-bond donors (Lipinski definition) is 0. The SMILES string of the molecule is CN(CCS(C)(=O)=O)Cc1nc(CCl)cs1. The Kier molecular flexibility index (Phi) is 5.17. The van der Waals surface area contributed by atoms with Gasteiger partial charge < -0.3 is 0 Å². The number of rotatable bonds is 6. The second-order valence-corrected chi connectivity index (χ2v) is 7.20. The van der Waals surface area contributed by atoms with E-state index in [-0.39, 0.29) is 5.75 Å². The smallest absolute Gasteiger partial charge is 0.148 e. The molecule has 1 rings (SSSR count). The molecule has 0 aromatic carbocycles. The summed E-state index contributed by atoms with van der Waals surface area (Å²) in [6.45, 7) is 1.19. The number of alkyl halides is 1. The Labute approximate surface area is 105 Å². The lowest BCUT2D eigenvalue weighted by atomic mass is 10.5. The van der Waals surface area contributed by atoms with Gasteiger partial charge in [-0.3, -0.25) is 4.90 Å². The molecule has 0 N–H and O–H groups in total. The molecule has 1 aromatic heterocycles. The van der Waals surface area contributed by atoms with E-state index in [1.807, 2.05) is 17.3 Å². The van der Waals surface area contributed by atoms with Crippen molar-refractivity contribution >= 4 is 32.8 Å². The Bertz CT molecular complexity index is 430. The van der Waals surface area contributed by atoms with E-state index in [0.29, 0.717) is 19.0 Å². The van der Waals surface area contributed by atoms with Crippen LogP contribution in [-0.4, -0.2) is 43.9 Å². The second-order valence-electron chi connectivity index (χ2n) is 3.73. The van der Waals surface area contributed by atoms with E-state index >= 15 is 0 Å². The Morgan fingerprint density at radius 3 is 2.75 bits per heavy atom. The summed E-state index contributed by atoms with van der Waals surface area (Å²) in [4.78, 5) is 6.25. The molecule has 0 aliphatic heterocycles. The fraction of sp³-hybridized carbons (Fsp3) is 0.667. The van der Waals surface area contributed by atoms with Gasteiger partial charge in [-0.25, -0.2) is 13.4 Å². The minimum Gasteiger partial charge on any atom is -0.299 e. The van der Waals surface area contributed by atoms with Crippen molar-refractivity contribution in [1.29, 1.82) is 0 Å². The van der Waals surface area contributed by atoms with Gasteiger partial charge in [0, 0.05) is 18.2 Å². The molecule has 0 aliphatic carbocycles. The van der Waals surface area contributed by atoms with Crippen LogP contribution in [0.2, 0.25) is 0 Å². The zero-order chi connectivity index (χ0) is 12.2. The second kappa shape index (κ2) is 5.95. The fourth-order valence-electron chi connectivity index (χ4n) is 1.11. The van der Waals surface area contributed by atoms with E-state index in [0.717, 1.165) is 10.7 Å². The van der Waals surface area contributed by atoms with Crippen LogP contribution in [-0.2, 0) is 22.3 Å².